The molecule has 0 fully saturated rings. The first kappa shape index (κ1) is 84.3. The summed E-state index contributed by atoms with van der Waals surface area (Å²) in [6.07, 6.45) is 97.1. The Balaban J connectivity index is 3.34. The van der Waals surface area contributed by atoms with E-state index in [0.717, 1.165) is 44.9 Å². The molecule has 0 heterocycles. The maximum atomic E-state index is 12.6. The van der Waals surface area contributed by atoms with E-state index in [2.05, 4.69) is 43.5 Å². The second-order valence-electron chi connectivity index (χ2n) is 27.4. The predicted octanol–water partition coefficient (Wildman–Crippen LogP) is 26.0. The maximum absolute atomic E-state index is 12.6. The van der Waals surface area contributed by atoms with E-state index >= 15 is 0 Å². The number of hydrogen-bond acceptors (Lipinski definition) is 5. The number of carbonyl (C=O) groups is 2. The van der Waals surface area contributed by atoms with Crippen LogP contribution in [0.15, 0.2) is 24.3 Å². The largest absolute Gasteiger partial charge is 0.466 e. The number of allylic oxidation sites excluding steroid dienone is 4. The fourth-order valence-corrected chi connectivity index (χ4v) is 12.7. The van der Waals surface area contributed by atoms with Crippen molar-refractivity contribution in [2.45, 2.75) is 463 Å². The van der Waals surface area contributed by atoms with Crippen LogP contribution in [-0.2, 0) is 14.3 Å². The summed E-state index contributed by atoms with van der Waals surface area (Å²) in [7, 11) is 0. The molecular weight excluding hydrogens is 1050 g/mol. The second kappa shape index (κ2) is 75.8. The number of aliphatic hydroxyl groups excluding tert-OH is 2. The lowest BCUT2D eigenvalue weighted by molar-refractivity contribution is -0.143. The Bertz CT molecular complexity index is 1350. The van der Waals surface area contributed by atoms with Gasteiger partial charge in [0.15, 0.2) is 0 Å². The van der Waals surface area contributed by atoms with Crippen LogP contribution < -0.4 is 5.32 Å². The van der Waals surface area contributed by atoms with Crippen molar-refractivity contribution in [2.75, 3.05) is 13.2 Å². The van der Waals surface area contributed by atoms with Gasteiger partial charge in [-0.05, 0) is 70.6 Å². The van der Waals surface area contributed by atoms with Crippen molar-refractivity contribution in [2.24, 2.45) is 0 Å². The Hall–Kier alpha value is -1.66. The summed E-state index contributed by atoms with van der Waals surface area (Å²) in [4.78, 5) is 24.6. The topological polar surface area (TPSA) is 95.9 Å². The molecule has 510 valence electrons. The van der Waals surface area contributed by atoms with E-state index in [0.29, 0.717) is 25.9 Å². The lowest BCUT2D eigenvalue weighted by Crippen LogP contribution is -2.45. The van der Waals surface area contributed by atoms with Gasteiger partial charge in [0.05, 0.1) is 25.4 Å². The van der Waals surface area contributed by atoms with Gasteiger partial charge in [-0.25, -0.2) is 0 Å². The number of esters is 1. The number of rotatable bonds is 75. The zero-order valence-corrected chi connectivity index (χ0v) is 58.6. The number of amides is 1. The van der Waals surface area contributed by atoms with Crippen LogP contribution in [0.1, 0.15) is 450 Å². The van der Waals surface area contributed by atoms with Gasteiger partial charge in [0, 0.05) is 12.8 Å². The summed E-state index contributed by atoms with van der Waals surface area (Å²) in [6.45, 7) is 4.96. The van der Waals surface area contributed by atoms with Crippen LogP contribution in [-0.4, -0.2) is 47.4 Å². The second-order valence-corrected chi connectivity index (χ2v) is 27.4. The van der Waals surface area contributed by atoms with Crippen LogP contribution in [0.2, 0.25) is 0 Å². The van der Waals surface area contributed by atoms with Crippen molar-refractivity contribution in [3.8, 4) is 0 Å². The van der Waals surface area contributed by atoms with Crippen molar-refractivity contribution in [3.63, 3.8) is 0 Å². The quantitative estimate of drug-likeness (QED) is 0.0320. The molecule has 3 N–H and O–H groups in total. The molecule has 0 bridgehead atoms. The molecule has 0 aromatic rings. The summed E-state index contributed by atoms with van der Waals surface area (Å²) in [5.74, 6) is -0.0146. The van der Waals surface area contributed by atoms with E-state index in [1.54, 1.807) is 0 Å². The van der Waals surface area contributed by atoms with Gasteiger partial charge in [-0.15, -0.1) is 0 Å². The smallest absolute Gasteiger partial charge is 0.305 e. The van der Waals surface area contributed by atoms with E-state index in [1.165, 1.54) is 372 Å². The van der Waals surface area contributed by atoms with Gasteiger partial charge >= 0.3 is 5.97 Å². The van der Waals surface area contributed by atoms with Crippen LogP contribution in [0, 0.1) is 0 Å². The summed E-state index contributed by atoms with van der Waals surface area (Å²) >= 11 is 0. The Morgan fingerprint density at radius 2 is 0.558 bits per heavy atom. The highest BCUT2D eigenvalue weighted by atomic mass is 16.5. The molecule has 0 rings (SSSR count). The number of ether oxygens (including phenoxy) is 1. The molecule has 6 heteroatoms. The highest BCUT2D eigenvalue weighted by Gasteiger charge is 2.20. The molecule has 0 spiro atoms. The molecule has 2 unspecified atom stereocenters. The Morgan fingerprint density at radius 1 is 0.314 bits per heavy atom. The van der Waals surface area contributed by atoms with Crippen molar-refractivity contribution >= 4 is 11.9 Å². The molecule has 0 aliphatic rings. The normalized spacial score (nSPS) is 12.6. The molecule has 0 aromatic carbocycles. The van der Waals surface area contributed by atoms with E-state index in [4.69, 9.17) is 4.74 Å². The minimum absolute atomic E-state index is 0.0110. The third-order valence-electron chi connectivity index (χ3n) is 18.7. The molecule has 0 aliphatic carbocycles. The average molecular weight is 1210 g/mol. The molecule has 0 radical (unpaired) electrons. The molecule has 1 amide bonds. The molecular formula is C80H155NO5. The Labute approximate surface area is 539 Å². The van der Waals surface area contributed by atoms with Gasteiger partial charge in [-0.2, -0.15) is 0 Å². The highest BCUT2D eigenvalue weighted by Crippen LogP contribution is 2.20. The van der Waals surface area contributed by atoms with Crippen molar-refractivity contribution in [3.05, 3.63) is 24.3 Å². The first-order valence-electron chi connectivity index (χ1n) is 39.6. The zero-order chi connectivity index (χ0) is 62.0. The lowest BCUT2D eigenvalue weighted by Gasteiger charge is -2.22. The third kappa shape index (κ3) is 71.4. The van der Waals surface area contributed by atoms with Gasteiger partial charge in [0.25, 0.3) is 0 Å². The Morgan fingerprint density at radius 3 is 0.860 bits per heavy atom. The van der Waals surface area contributed by atoms with Gasteiger partial charge in [0.1, 0.15) is 0 Å². The summed E-state index contributed by atoms with van der Waals surface area (Å²) in [5.41, 5.74) is 0. The monoisotopic (exact) mass is 1210 g/mol. The highest BCUT2D eigenvalue weighted by molar-refractivity contribution is 5.76. The van der Waals surface area contributed by atoms with Crippen molar-refractivity contribution in [1.82, 2.24) is 5.32 Å². The van der Waals surface area contributed by atoms with Crippen LogP contribution in [0.25, 0.3) is 0 Å². The van der Waals surface area contributed by atoms with Gasteiger partial charge in [-0.1, -0.05) is 391 Å². The average Bonchev–Trinajstić information content (AvgIpc) is 3.61. The lowest BCUT2D eigenvalue weighted by atomic mass is 10.0. The first-order valence-corrected chi connectivity index (χ1v) is 39.6. The van der Waals surface area contributed by atoms with Crippen LogP contribution in [0.4, 0.5) is 0 Å². The fraction of sp³-hybridized carbons (Fsp3) is 0.925. The predicted molar refractivity (Wildman–Crippen MR) is 380 cm³/mol. The van der Waals surface area contributed by atoms with Gasteiger partial charge in [0.2, 0.25) is 5.91 Å². The van der Waals surface area contributed by atoms with Crippen molar-refractivity contribution < 1.29 is 24.5 Å². The maximum Gasteiger partial charge on any atom is 0.305 e. The SMILES string of the molecule is CCCC/C=C\CCCCCCCC(=O)OCCCCCCCCCCCCCCCCCC/C=C\CCCCCCCCCCCCCCCCCCCC(=O)NC(CO)C(O)CCCCCCCCCCCCCCCCCCCCCCC. The van der Waals surface area contributed by atoms with Gasteiger partial charge in [-0.3, -0.25) is 9.59 Å². The minimum atomic E-state index is -0.662. The number of hydrogen-bond donors (Lipinski definition) is 3. The van der Waals surface area contributed by atoms with E-state index < -0.39 is 12.1 Å². The summed E-state index contributed by atoms with van der Waals surface area (Å²) < 4.78 is 5.47. The van der Waals surface area contributed by atoms with E-state index in [-0.39, 0.29) is 18.5 Å². The molecule has 0 saturated heterocycles. The minimum Gasteiger partial charge on any atom is -0.466 e. The molecule has 86 heavy (non-hydrogen) atoms. The molecule has 0 aliphatic heterocycles. The fourth-order valence-electron chi connectivity index (χ4n) is 12.7. The summed E-state index contributed by atoms with van der Waals surface area (Å²) in [6, 6.07) is -0.539. The third-order valence-corrected chi connectivity index (χ3v) is 18.7. The summed E-state index contributed by atoms with van der Waals surface area (Å²) in [5, 5.41) is 23.5. The van der Waals surface area contributed by atoms with E-state index in [1.807, 2.05) is 0 Å². The molecule has 6 nitrogen and oxygen atoms in total. The zero-order valence-electron chi connectivity index (χ0n) is 58.6. The van der Waals surface area contributed by atoms with E-state index in [9.17, 15) is 19.8 Å². The Kier molecular flexibility index (Phi) is 74.3. The number of nitrogens with one attached hydrogen (secondary N) is 1. The standard InChI is InChI=1S/C80H155NO5/c1-3-5-7-9-11-13-15-16-17-18-19-37-40-43-46-49-53-56-60-64-68-72-78(83)77(76-82)81-79(84)73-69-65-61-57-54-50-47-44-41-38-35-33-31-29-27-25-23-21-20-22-24-26-28-30-32-34-36-39-42-45-48-51-55-59-63-67-71-75-86-80(85)74-70-66-62-58-52-14-12-10-8-6-4-2/h10,12,20,22,77-78,82-83H,3-9,11,13-19,21,23-76H2,1-2H3,(H,81,84)/b12-10-,22-20-. The number of carbonyl (C=O) groups excluding carboxylic acids is 2. The molecule has 0 saturated carbocycles. The number of aliphatic hydroxyl groups is 2. The van der Waals surface area contributed by atoms with Crippen molar-refractivity contribution in [1.29, 1.82) is 0 Å². The molecule has 0 aromatic heterocycles. The molecule has 2 atom stereocenters. The first-order chi connectivity index (χ1) is 42.5. The van der Waals surface area contributed by atoms with Crippen LogP contribution >= 0.6 is 0 Å². The van der Waals surface area contributed by atoms with Crippen LogP contribution in [0.3, 0.4) is 0 Å². The van der Waals surface area contributed by atoms with Crippen LogP contribution in [0.5, 0.6) is 0 Å². The number of unbranched alkanes of at least 4 members (excludes halogenated alkanes) is 60. The van der Waals surface area contributed by atoms with Gasteiger partial charge < -0.3 is 20.3 Å².